The number of hydrogen-bond acceptors (Lipinski definition) is 9. The average Bonchev–Trinajstić information content (AvgIpc) is 3.53. The Hall–Kier alpha value is -4.56. The van der Waals surface area contributed by atoms with Gasteiger partial charge in [-0.3, -0.25) is 24.3 Å². The summed E-state index contributed by atoms with van der Waals surface area (Å²) in [6.07, 6.45) is 7.51. The molecule has 3 aliphatic rings. The lowest BCUT2D eigenvalue weighted by Gasteiger charge is -2.33. The molecule has 296 valence electrons. The molecule has 13 nitrogen and oxygen atoms in total. The molecule has 1 aromatic carbocycles. The molecule has 5 heterocycles. The third-order valence-corrected chi connectivity index (χ3v) is 12.4. The van der Waals surface area contributed by atoms with Crippen LogP contribution in [0.4, 0.5) is 5.69 Å². The zero-order valence-corrected chi connectivity index (χ0v) is 33.5. The number of carboxylic acids is 1. The van der Waals surface area contributed by atoms with Crippen molar-refractivity contribution in [1.29, 1.82) is 0 Å². The van der Waals surface area contributed by atoms with Crippen molar-refractivity contribution in [2.24, 2.45) is 18.9 Å². The van der Waals surface area contributed by atoms with Crippen molar-refractivity contribution in [3.05, 3.63) is 75.4 Å². The summed E-state index contributed by atoms with van der Waals surface area (Å²) in [7, 11) is 3.46. The Balaban J connectivity index is 1.03. The molecule has 3 aromatic heterocycles. The number of carboxylic acid groups (broad SMARTS) is 1. The standard InChI is InChI=1S/C41H48Cl2N8O5/c1-24(52)51-19-14-28(15-20-51)45-21-27-11-12-31(48-40(27)56-3)29-13-17-44-37(36(29)43)30-5-4-6-32(35(30)42)47-39(53)38-46-33-23-50(18-16-34(33)49(38)2)22-25-7-9-26(10-8-25)41(54)55/h4-6,11-13,17,25-26,28,45H,7-10,14-16,18-23H2,1-3H3,(H,47,53)(H,54,55)/t25-,26-. The number of methoxy groups -OCH3 is 1. The maximum atomic E-state index is 13.7. The summed E-state index contributed by atoms with van der Waals surface area (Å²) in [6, 6.07) is 11.3. The number of aromatic nitrogens is 4. The number of benzene rings is 1. The maximum Gasteiger partial charge on any atom is 0.306 e. The van der Waals surface area contributed by atoms with E-state index in [1.165, 1.54) is 0 Å². The minimum absolute atomic E-state index is 0.114. The Kier molecular flexibility index (Phi) is 12.2. The summed E-state index contributed by atoms with van der Waals surface area (Å²) < 4.78 is 7.55. The highest BCUT2D eigenvalue weighted by atomic mass is 35.5. The monoisotopic (exact) mass is 802 g/mol. The van der Waals surface area contributed by atoms with Crippen LogP contribution in [0.25, 0.3) is 22.5 Å². The topological polar surface area (TPSA) is 155 Å². The molecule has 2 amide bonds. The van der Waals surface area contributed by atoms with Crippen molar-refractivity contribution in [3.63, 3.8) is 0 Å². The van der Waals surface area contributed by atoms with Crippen molar-refractivity contribution in [2.45, 2.75) is 71.0 Å². The zero-order valence-electron chi connectivity index (χ0n) is 32.0. The van der Waals surface area contributed by atoms with E-state index in [-0.39, 0.29) is 22.8 Å². The smallest absolute Gasteiger partial charge is 0.306 e. The molecule has 3 N–H and O–H groups in total. The first-order valence-corrected chi connectivity index (χ1v) is 20.0. The summed E-state index contributed by atoms with van der Waals surface area (Å²) in [5, 5.41) is 16.5. The quantitative estimate of drug-likeness (QED) is 0.154. The van der Waals surface area contributed by atoms with Crippen molar-refractivity contribution < 1.29 is 24.2 Å². The molecule has 4 aromatic rings. The van der Waals surface area contributed by atoms with Gasteiger partial charge in [0.1, 0.15) is 0 Å². The van der Waals surface area contributed by atoms with Crippen LogP contribution in [0.3, 0.4) is 0 Å². The number of aliphatic carboxylic acids is 1. The number of anilines is 1. The number of pyridine rings is 2. The van der Waals surface area contributed by atoms with E-state index in [0.717, 1.165) is 88.1 Å². The van der Waals surface area contributed by atoms with Gasteiger partial charge in [-0.1, -0.05) is 41.4 Å². The number of hydrogen-bond donors (Lipinski definition) is 3. The van der Waals surface area contributed by atoms with Gasteiger partial charge < -0.3 is 29.9 Å². The SMILES string of the molecule is COc1nc(-c2ccnc(-c3cccc(NC(=O)c4nc5c(n4C)CCN(C[C@H]4CC[C@H](C(=O)O)CC4)C5)c3Cl)c2Cl)ccc1CNC1CCN(C(C)=O)CC1. The first-order chi connectivity index (χ1) is 27.0. The van der Waals surface area contributed by atoms with Gasteiger partial charge in [-0.15, -0.1) is 0 Å². The Morgan fingerprint density at radius 1 is 0.946 bits per heavy atom. The van der Waals surface area contributed by atoms with Crippen LogP contribution in [0.5, 0.6) is 5.88 Å². The van der Waals surface area contributed by atoms with E-state index in [1.807, 2.05) is 34.7 Å². The molecule has 0 atom stereocenters. The van der Waals surface area contributed by atoms with Gasteiger partial charge in [0.05, 0.1) is 45.8 Å². The molecule has 1 saturated heterocycles. The number of imidazole rings is 1. The van der Waals surface area contributed by atoms with Gasteiger partial charge in [0.25, 0.3) is 5.91 Å². The normalized spacial score (nSPS) is 19.1. The molecule has 2 aliphatic heterocycles. The lowest BCUT2D eigenvalue weighted by molar-refractivity contribution is -0.143. The summed E-state index contributed by atoms with van der Waals surface area (Å²) in [5.74, 6) is 0.0849. The number of nitrogens with zero attached hydrogens (tertiary/aromatic N) is 6. The Morgan fingerprint density at radius 2 is 1.71 bits per heavy atom. The van der Waals surface area contributed by atoms with Crippen LogP contribution in [0.1, 0.15) is 73.0 Å². The van der Waals surface area contributed by atoms with Gasteiger partial charge in [0.2, 0.25) is 11.8 Å². The number of nitrogens with one attached hydrogen (secondary N) is 2. The van der Waals surface area contributed by atoms with Crippen LogP contribution in [0.2, 0.25) is 10.0 Å². The highest BCUT2D eigenvalue weighted by molar-refractivity contribution is 6.39. The molecule has 0 bridgehead atoms. The van der Waals surface area contributed by atoms with Gasteiger partial charge in [0, 0.05) is 94.3 Å². The third kappa shape index (κ3) is 8.56. The predicted octanol–water partition coefficient (Wildman–Crippen LogP) is 6.46. The molecule has 56 heavy (non-hydrogen) atoms. The number of amides is 2. The van der Waals surface area contributed by atoms with Crippen LogP contribution in [0.15, 0.2) is 42.6 Å². The number of carbonyl (C=O) groups excluding carboxylic acids is 2. The van der Waals surface area contributed by atoms with Crippen molar-refractivity contribution in [3.8, 4) is 28.4 Å². The first kappa shape index (κ1) is 39.7. The predicted molar refractivity (Wildman–Crippen MR) is 215 cm³/mol. The van der Waals surface area contributed by atoms with E-state index in [0.29, 0.717) is 70.0 Å². The summed E-state index contributed by atoms with van der Waals surface area (Å²) in [6.45, 7) is 6.09. The van der Waals surface area contributed by atoms with Gasteiger partial charge in [-0.25, -0.2) is 9.97 Å². The number of rotatable bonds is 11. The molecular weight excluding hydrogens is 755 g/mol. The maximum absolute atomic E-state index is 13.7. The molecule has 15 heteroatoms. The number of likely N-dealkylation sites (tertiary alicyclic amines) is 1. The van der Waals surface area contributed by atoms with E-state index < -0.39 is 5.97 Å². The lowest BCUT2D eigenvalue weighted by Crippen LogP contribution is -2.44. The Labute approximate surface area is 336 Å². The van der Waals surface area contributed by atoms with E-state index in [2.05, 4.69) is 20.5 Å². The fourth-order valence-electron chi connectivity index (χ4n) is 8.30. The van der Waals surface area contributed by atoms with Crippen LogP contribution in [0, 0.1) is 11.8 Å². The minimum atomic E-state index is -0.686. The van der Waals surface area contributed by atoms with Gasteiger partial charge in [0.15, 0.2) is 5.82 Å². The summed E-state index contributed by atoms with van der Waals surface area (Å²) in [5.41, 5.74) is 5.48. The molecule has 0 unspecified atom stereocenters. The number of ether oxygens (including phenoxy) is 1. The van der Waals surface area contributed by atoms with Crippen LogP contribution < -0.4 is 15.4 Å². The molecule has 0 spiro atoms. The number of halogens is 2. The fourth-order valence-corrected chi connectivity index (χ4v) is 8.87. The van der Waals surface area contributed by atoms with Gasteiger partial charge in [-0.05, 0) is 62.6 Å². The number of carbonyl (C=O) groups is 3. The highest BCUT2D eigenvalue weighted by Gasteiger charge is 2.31. The molecule has 2 fully saturated rings. The Bertz CT molecular complexity index is 2110. The molecule has 1 aliphatic carbocycles. The second-order valence-corrected chi connectivity index (χ2v) is 15.9. The minimum Gasteiger partial charge on any atom is -0.481 e. The van der Waals surface area contributed by atoms with E-state index in [4.69, 9.17) is 37.9 Å². The third-order valence-electron chi connectivity index (χ3n) is 11.6. The Morgan fingerprint density at radius 3 is 2.43 bits per heavy atom. The van der Waals surface area contributed by atoms with Crippen LogP contribution >= 0.6 is 23.2 Å². The number of fused-ring (bicyclic) bond motifs is 1. The zero-order chi connectivity index (χ0) is 39.5. The second kappa shape index (κ2) is 17.3. The van der Waals surface area contributed by atoms with E-state index in [1.54, 1.807) is 38.4 Å². The highest BCUT2D eigenvalue weighted by Crippen LogP contribution is 2.40. The van der Waals surface area contributed by atoms with E-state index >= 15 is 0 Å². The summed E-state index contributed by atoms with van der Waals surface area (Å²) >= 11 is 14.0. The van der Waals surface area contributed by atoms with Gasteiger partial charge >= 0.3 is 5.97 Å². The lowest BCUT2D eigenvalue weighted by atomic mass is 9.81. The van der Waals surface area contributed by atoms with Gasteiger partial charge in [-0.2, -0.15) is 0 Å². The van der Waals surface area contributed by atoms with Crippen LogP contribution in [-0.2, 0) is 36.1 Å². The summed E-state index contributed by atoms with van der Waals surface area (Å²) in [4.78, 5) is 55.2. The largest absolute Gasteiger partial charge is 0.481 e. The second-order valence-electron chi connectivity index (χ2n) is 15.1. The van der Waals surface area contributed by atoms with Crippen LogP contribution in [-0.4, -0.2) is 91.5 Å². The van der Waals surface area contributed by atoms with Crippen molar-refractivity contribution in [2.75, 3.05) is 38.6 Å². The molecule has 1 saturated carbocycles. The molecular formula is C41H48Cl2N8O5. The number of piperidine rings is 1. The van der Waals surface area contributed by atoms with Crippen molar-refractivity contribution >= 4 is 46.7 Å². The average molecular weight is 804 g/mol. The van der Waals surface area contributed by atoms with E-state index in [9.17, 15) is 19.5 Å². The molecule has 7 rings (SSSR count). The fraction of sp³-hybridized carbons (Fsp3) is 0.463. The first-order valence-electron chi connectivity index (χ1n) is 19.3. The molecule has 0 radical (unpaired) electrons. The van der Waals surface area contributed by atoms with Crippen molar-refractivity contribution in [1.82, 2.24) is 34.6 Å².